The van der Waals surface area contributed by atoms with Gasteiger partial charge in [0.1, 0.15) is 5.82 Å². The lowest BCUT2D eigenvalue weighted by Crippen LogP contribution is -2.42. The Hall–Kier alpha value is -2.41. The lowest BCUT2D eigenvalue weighted by atomic mass is 10.0. The van der Waals surface area contributed by atoms with E-state index in [0.717, 1.165) is 18.7 Å². The number of amides is 1. The molecule has 0 saturated carbocycles. The Morgan fingerprint density at radius 1 is 1.36 bits per heavy atom. The summed E-state index contributed by atoms with van der Waals surface area (Å²) in [5.74, 6) is 1.00. The van der Waals surface area contributed by atoms with Gasteiger partial charge in [0, 0.05) is 31.4 Å². The van der Waals surface area contributed by atoms with Crippen molar-refractivity contribution in [1.82, 2.24) is 20.1 Å². The van der Waals surface area contributed by atoms with Crippen molar-refractivity contribution in [2.24, 2.45) is 0 Å². The van der Waals surface area contributed by atoms with Gasteiger partial charge in [0.05, 0.1) is 11.6 Å². The fourth-order valence-electron chi connectivity index (χ4n) is 2.77. The summed E-state index contributed by atoms with van der Waals surface area (Å²) in [6.45, 7) is 3.62. The number of pyridine rings is 1. The predicted molar refractivity (Wildman–Crippen MR) is 95.0 cm³/mol. The minimum atomic E-state index is -0.162. The molecule has 1 N–H and O–H groups in total. The van der Waals surface area contributed by atoms with Gasteiger partial charge in [-0.1, -0.05) is 11.6 Å². The molecule has 3 heterocycles. The van der Waals surface area contributed by atoms with E-state index in [9.17, 15) is 4.79 Å². The summed E-state index contributed by atoms with van der Waals surface area (Å²) < 4.78 is 5.36. The largest absolute Gasteiger partial charge is 0.478 e. The zero-order valence-corrected chi connectivity index (χ0v) is 14.7. The van der Waals surface area contributed by atoms with Crippen LogP contribution in [0.3, 0.4) is 0 Å². The second-order valence-corrected chi connectivity index (χ2v) is 6.14. The number of halogens is 1. The Kier molecular flexibility index (Phi) is 5.65. The van der Waals surface area contributed by atoms with Gasteiger partial charge >= 0.3 is 0 Å². The SMILES string of the molecule is CCOc1ccc(Cl)c(C(=O)N2CCC(Nc3cccnn3)CC2)n1. The van der Waals surface area contributed by atoms with Crippen LogP contribution in [-0.2, 0) is 0 Å². The summed E-state index contributed by atoms with van der Waals surface area (Å²) in [5.41, 5.74) is 0.243. The molecular formula is C17H20ClN5O2. The van der Waals surface area contributed by atoms with Crippen LogP contribution in [0.2, 0.25) is 5.02 Å². The summed E-state index contributed by atoms with van der Waals surface area (Å²) in [6, 6.07) is 7.30. The molecule has 2 aromatic rings. The lowest BCUT2D eigenvalue weighted by Gasteiger charge is -2.32. The van der Waals surface area contributed by atoms with Gasteiger partial charge in [-0.25, -0.2) is 4.98 Å². The number of likely N-dealkylation sites (tertiary alicyclic amines) is 1. The number of aromatic nitrogens is 3. The van der Waals surface area contributed by atoms with Crippen LogP contribution in [0, 0.1) is 0 Å². The highest BCUT2D eigenvalue weighted by Gasteiger charge is 2.26. The van der Waals surface area contributed by atoms with Crippen molar-refractivity contribution in [3.63, 3.8) is 0 Å². The fraction of sp³-hybridized carbons (Fsp3) is 0.412. The molecule has 0 unspecified atom stereocenters. The monoisotopic (exact) mass is 361 g/mol. The summed E-state index contributed by atoms with van der Waals surface area (Å²) in [4.78, 5) is 18.7. The molecule has 25 heavy (non-hydrogen) atoms. The zero-order valence-electron chi connectivity index (χ0n) is 14.0. The number of hydrogen-bond acceptors (Lipinski definition) is 6. The van der Waals surface area contributed by atoms with Crippen LogP contribution >= 0.6 is 11.6 Å². The van der Waals surface area contributed by atoms with E-state index in [1.54, 1.807) is 23.2 Å². The number of anilines is 1. The van der Waals surface area contributed by atoms with Crippen molar-refractivity contribution >= 4 is 23.3 Å². The predicted octanol–water partition coefficient (Wildman–Crippen LogP) is 2.64. The summed E-state index contributed by atoms with van der Waals surface area (Å²) in [5, 5.41) is 11.6. The Balaban J connectivity index is 1.61. The van der Waals surface area contributed by atoms with Gasteiger partial charge < -0.3 is 15.0 Å². The summed E-state index contributed by atoms with van der Waals surface area (Å²) in [6.07, 6.45) is 3.29. The molecule has 8 heteroatoms. The number of carbonyl (C=O) groups is 1. The quantitative estimate of drug-likeness (QED) is 0.881. The van der Waals surface area contributed by atoms with Crippen molar-refractivity contribution in [3.8, 4) is 5.88 Å². The van der Waals surface area contributed by atoms with Gasteiger partial charge in [-0.3, -0.25) is 4.79 Å². The van der Waals surface area contributed by atoms with E-state index < -0.39 is 0 Å². The number of nitrogens with one attached hydrogen (secondary N) is 1. The Bertz CT molecular complexity index is 720. The third-order valence-electron chi connectivity index (χ3n) is 4.02. The Morgan fingerprint density at radius 2 is 2.16 bits per heavy atom. The molecule has 1 aliphatic rings. The van der Waals surface area contributed by atoms with Crippen molar-refractivity contribution in [1.29, 1.82) is 0 Å². The molecule has 1 aliphatic heterocycles. The number of rotatable bonds is 5. The van der Waals surface area contributed by atoms with Crippen LogP contribution < -0.4 is 10.1 Å². The van der Waals surface area contributed by atoms with Gasteiger partial charge in [0.25, 0.3) is 5.91 Å². The fourth-order valence-corrected chi connectivity index (χ4v) is 2.95. The molecular weight excluding hydrogens is 342 g/mol. The van der Waals surface area contributed by atoms with Gasteiger partial charge in [-0.05, 0) is 38.0 Å². The highest BCUT2D eigenvalue weighted by atomic mass is 35.5. The van der Waals surface area contributed by atoms with Crippen LogP contribution in [0.25, 0.3) is 0 Å². The number of carbonyl (C=O) groups excluding carboxylic acids is 1. The Labute approximate surface area is 151 Å². The summed E-state index contributed by atoms with van der Waals surface area (Å²) in [7, 11) is 0. The van der Waals surface area contributed by atoms with Crippen LogP contribution in [0.15, 0.2) is 30.5 Å². The Morgan fingerprint density at radius 3 is 2.84 bits per heavy atom. The van der Waals surface area contributed by atoms with Crippen LogP contribution in [0.5, 0.6) is 5.88 Å². The van der Waals surface area contributed by atoms with E-state index in [4.69, 9.17) is 16.3 Å². The van der Waals surface area contributed by atoms with Crippen molar-refractivity contribution < 1.29 is 9.53 Å². The maximum Gasteiger partial charge on any atom is 0.274 e. The first-order chi connectivity index (χ1) is 12.2. The van der Waals surface area contributed by atoms with Crippen molar-refractivity contribution in [2.75, 3.05) is 25.0 Å². The van der Waals surface area contributed by atoms with Gasteiger partial charge in [0.2, 0.25) is 5.88 Å². The molecule has 3 rings (SSSR count). The zero-order chi connectivity index (χ0) is 17.6. The molecule has 0 atom stereocenters. The molecule has 0 radical (unpaired) electrons. The van der Waals surface area contributed by atoms with E-state index in [-0.39, 0.29) is 17.6 Å². The second kappa shape index (κ2) is 8.11. The molecule has 1 saturated heterocycles. The van der Waals surface area contributed by atoms with Crippen LogP contribution in [0.4, 0.5) is 5.82 Å². The van der Waals surface area contributed by atoms with E-state index in [2.05, 4.69) is 20.5 Å². The molecule has 132 valence electrons. The first-order valence-corrected chi connectivity index (χ1v) is 8.68. The number of ether oxygens (including phenoxy) is 1. The normalized spacial score (nSPS) is 15.0. The summed E-state index contributed by atoms with van der Waals surface area (Å²) >= 11 is 6.15. The molecule has 0 spiro atoms. The molecule has 0 aromatic carbocycles. The first kappa shape index (κ1) is 17.4. The van der Waals surface area contributed by atoms with Crippen LogP contribution in [-0.4, -0.2) is 51.7 Å². The number of nitrogens with zero attached hydrogens (tertiary/aromatic N) is 4. The smallest absolute Gasteiger partial charge is 0.274 e. The third kappa shape index (κ3) is 4.36. The highest BCUT2D eigenvalue weighted by Crippen LogP contribution is 2.22. The molecule has 0 aliphatic carbocycles. The topological polar surface area (TPSA) is 80.2 Å². The highest BCUT2D eigenvalue weighted by molar-refractivity contribution is 6.33. The molecule has 7 nitrogen and oxygen atoms in total. The number of piperidine rings is 1. The van der Waals surface area contributed by atoms with E-state index in [1.807, 2.05) is 19.1 Å². The van der Waals surface area contributed by atoms with E-state index in [1.165, 1.54) is 0 Å². The van der Waals surface area contributed by atoms with Crippen molar-refractivity contribution in [2.45, 2.75) is 25.8 Å². The maximum atomic E-state index is 12.7. The van der Waals surface area contributed by atoms with Crippen LogP contribution in [0.1, 0.15) is 30.3 Å². The second-order valence-electron chi connectivity index (χ2n) is 5.73. The first-order valence-electron chi connectivity index (χ1n) is 8.30. The molecule has 1 amide bonds. The van der Waals surface area contributed by atoms with E-state index in [0.29, 0.717) is 30.6 Å². The average Bonchev–Trinajstić information content (AvgIpc) is 2.64. The minimum Gasteiger partial charge on any atom is -0.478 e. The van der Waals surface area contributed by atoms with E-state index >= 15 is 0 Å². The van der Waals surface area contributed by atoms with Gasteiger partial charge in [-0.15, -0.1) is 5.10 Å². The van der Waals surface area contributed by atoms with Crippen molar-refractivity contribution in [3.05, 3.63) is 41.2 Å². The van der Waals surface area contributed by atoms with Gasteiger partial charge in [0.15, 0.2) is 5.69 Å². The lowest BCUT2D eigenvalue weighted by molar-refractivity contribution is 0.0711. The standard InChI is InChI=1S/C17H20ClN5O2/c1-2-25-15-6-5-13(18)16(21-15)17(24)23-10-7-12(8-11-23)20-14-4-3-9-19-22-14/h3-6,9,12H,2,7-8,10-11H2,1H3,(H,20,22). The molecule has 1 fully saturated rings. The number of hydrogen-bond donors (Lipinski definition) is 1. The maximum absolute atomic E-state index is 12.7. The third-order valence-corrected chi connectivity index (χ3v) is 4.33. The average molecular weight is 362 g/mol. The minimum absolute atomic E-state index is 0.162. The molecule has 0 bridgehead atoms. The molecule has 2 aromatic heterocycles. The van der Waals surface area contributed by atoms with Gasteiger partial charge in [-0.2, -0.15) is 5.10 Å².